The van der Waals surface area contributed by atoms with Crippen LogP contribution in [-0.4, -0.2) is 15.2 Å². The summed E-state index contributed by atoms with van der Waals surface area (Å²) in [6.45, 7) is 1.82. The molecule has 0 bridgehead atoms. The molecule has 1 heterocycles. The highest BCUT2D eigenvalue weighted by molar-refractivity contribution is 4.61. The standard InChI is InChI=1S/C3H5N.C2H3N3/c1-2-3-4;1-3-2-5-4-1/h2H2,1H3;1-2H,(H,3,4,5). The molecule has 0 radical (unpaired) electrons. The SMILES string of the molecule is CCC#N.c1nc[nH]n1. The van der Waals surface area contributed by atoms with Crippen molar-refractivity contribution in [3.63, 3.8) is 0 Å². The van der Waals surface area contributed by atoms with Crippen LogP contribution >= 0.6 is 0 Å². The Hall–Kier alpha value is -1.37. The van der Waals surface area contributed by atoms with Gasteiger partial charge in [0.15, 0.2) is 0 Å². The van der Waals surface area contributed by atoms with Crippen molar-refractivity contribution < 1.29 is 0 Å². The lowest BCUT2D eigenvalue weighted by Gasteiger charge is -1.47. The Morgan fingerprint density at radius 2 is 2.44 bits per heavy atom. The largest absolute Gasteiger partial charge is 0.266 e. The van der Waals surface area contributed by atoms with Gasteiger partial charge in [-0.15, -0.1) is 0 Å². The molecule has 0 saturated carbocycles. The van der Waals surface area contributed by atoms with Crippen LogP contribution in [0.1, 0.15) is 13.3 Å². The van der Waals surface area contributed by atoms with Gasteiger partial charge >= 0.3 is 0 Å². The minimum Gasteiger partial charge on any atom is -0.266 e. The van der Waals surface area contributed by atoms with Crippen LogP contribution in [0.3, 0.4) is 0 Å². The van der Waals surface area contributed by atoms with E-state index in [0.717, 1.165) is 0 Å². The summed E-state index contributed by atoms with van der Waals surface area (Å²) < 4.78 is 0. The first-order valence-corrected chi connectivity index (χ1v) is 2.57. The van der Waals surface area contributed by atoms with E-state index in [1.165, 1.54) is 12.7 Å². The quantitative estimate of drug-likeness (QED) is 0.554. The van der Waals surface area contributed by atoms with Crippen molar-refractivity contribution in [1.82, 2.24) is 15.2 Å². The summed E-state index contributed by atoms with van der Waals surface area (Å²) in [6.07, 6.45) is 3.58. The zero-order chi connectivity index (χ0) is 6.95. The number of aromatic nitrogens is 3. The van der Waals surface area contributed by atoms with Crippen molar-refractivity contribution in [2.45, 2.75) is 13.3 Å². The number of H-pyrrole nitrogens is 1. The molecule has 1 aromatic heterocycles. The van der Waals surface area contributed by atoms with E-state index in [0.29, 0.717) is 6.42 Å². The Bertz CT molecular complexity index is 133. The number of nitriles is 1. The average Bonchev–Trinajstić information content (AvgIpc) is 2.43. The molecule has 1 aromatic rings. The third-order valence-corrected chi connectivity index (χ3v) is 0.489. The zero-order valence-electron chi connectivity index (χ0n) is 5.20. The highest BCUT2D eigenvalue weighted by Crippen LogP contribution is 1.58. The number of rotatable bonds is 0. The van der Waals surface area contributed by atoms with Gasteiger partial charge in [-0.2, -0.15) is 10.4 Å². The highest BCUT2D eigenvalue weighted by Gasteiger charge is 1.57. The fourth-order valence-electron chi connectivity index (χ4n) is 0.167. The summed E-state index contributed by atoms with van der Waals surface area (Å²) in [7, 11) is 0. The number of nitrogens with zero attached hydrogens (tertiary/aromatic N) is 3. The first-order valence-electron chi connectivity index (χ1n) is 2.57. The van der Waals surface area contributed by atoms with Crippen LogP contribution in [-0.2, 0) is 0 Å². The van der Waals surface area contributed by atoms with Crippen molar-refractivity contribution in [2.24, 2.45) is 0 Å². The number of hydrogen-bond acceptors (Lipinski definition) is 3. The molecule has 0 saturated heterocycles. The fourth-order valence-corrected chi connectivity index (χ4v) is 0.167. The van der Waals surface area contributed by atoms with E-state index in [-0.39, 0.29) is 0 Å². The topological polar surface area (TPSA) is 65.4 Å². The van der Waals surface area contributed by atoms with Crippen LogP contribution < -0.4 is 0 Å². The Morgan fingerprint density at radius 1 is 1.78 bits per heavy atom. The summed E-state index contributed by atoms with van der Waals surface area (Å²) in [5, 5.41) is 13.6. The van der Waals surface area contributed by atoms with Crippen molar-refractivity contribution >= 4 is 0 Å². The second kappa shape index (κ2) is 6.63. The molecule has 0 aliphatic heterocycles. The monoisotopic (exact) mass is 124 g/mol. The molecule has 0 unspecified atom stereocenters. The Balaban J connectivity index is 0.000000148. The molecule has 0 fully saturated rings. The van der Waals surface area contributed by atoms with Gasteiger partial charge in [-0.05, 0) is 0 Å². The van der Waals surface area contributed by atoms with Crippen LogP contribution in [0.5, 0.6) is 0 Å². The van der Waals surface area contributed by atoms with Gasteiger partial charge in [-0.3, -0.25) is 5.10 Å². The lowest BCUT2D eigenvalue weighted by atomic mass is 10.6. The average molecular weight is 124 g/mol. The second-order valence-corrected chi connectivity index (χ2v) is 1.16. The predicted molar refractivity (Wildman–Crippen MR) is 32.3 cm³/mol. The number of hydrogen-bond donors (Lipinski definition) is 1. The van der Waals surface area contributed by atoms with Crippen LogP contribution in [0.25, 0.3) is 0 Å². The van der Waals surface area contributed by atoms with Crippen molar-refractivity contribution in [3.8, 4) is 6.07 Å². The predicted octanol–water partition coefficient (Wildman–Crippen LogP) is 0.725. The maximum absolute atomic E-state index is 7.62. The summed E-state index contributed by atoms with van der Waals surface area (Å²) in [4.78, 5) is 3.56. The van der Waals surface area contributed by atoms with Crippen molar-refractivity contribution in [1.29, 1.82) is 5.26 Å². The van der Waals surface area contributed by atoms with Crippen LogP contribution in [0.15, 0.2) is 12.7 Å². The maximum atomic E-state index is 7.62. The molecule has 48 valence electrons. The van der Waals surface area contributed by atoms with Crippen molar-refractivity contribution in [3.05, 3.63) is 12.7 Å². The molecule has 0 aromatic carbocycles. The van der Waals surface area contributed by atoms with Crippen molar-refractivity contribution in [2.75, 3.05) is 0 Å². The maximum Gasteiger partial charge on any atom is 0.137 e. The minimum atomic E-state index is 0.625. The normalized spacial score (nSPS) is 6.67. The number of nitrogens with one attached hydrogen (secondary N) is 1. The van der Waals surface area contributed by atoms with E-state index in [2.05, 4.69) is 15.2 Å². The third-order valence-electron chi connectivity index (χ3n) is 0.489. The molecular formula is C5H8N4. The third kappa shape index (κ3) is 6.63. The van der Waals surface area contributed by atoms with Gasteiger partial charge in [0.2, 0.25) is 0 Å². The first-order chi connectivity index (χ1) is 4.41. The smallest absolute Gasteiger partial charge is 0.137 e. The zero-order valence-corrected chi connectivity index (χ0v) is 5.20. The summed E-state index contributed by atoms with van der Waals surface area (Å²) in [6, 6.07) is 1.93. The molecule has 0 spiro atoms. The number of aromatic amines is 1. The molecular weight excluding hydrogens is 116 g/mol. The molecule has 4 heteroatoms. The molecule has 1 N–H and O–H groups in total. The molecule has 0 aliphatic carbocycles. The highest BCUT2D eigenvalue weighted by atomic mass is 15.2. The minimum absolute atomic E-state index is 0.625. The van der Waals surface area contributed by atoms with Gasteiger partial charge in [0, 0.05) is 6.42 Å². The molecule has 0 amide bonds. The van der Waals surface area contributed by atoms with Crippen LogP contribution in [0, 0.1) is 11.3 Å². The Labute approximate surface area is 53.5 Å². The van der Waals surface area contributed by atoms with E-state index in [9.17, 15) is 0 Å². The van der Waals surface area contributed by atoms with E-state index in [4.69, 9.17) is 5.26 Å². The summed E-state index contributed by atoms with van der Waals surface area (Å²) >= 11 is 0. The van der Waals surface area contributed by atoms with E-state index in [1.54, 1.807) is 0 Å². The summed E-state index contributed by atoms with van der Waals surface area (Å²) in [5.74, 6) is 0. The van der Waals surface area contributed by atoms with E-state index < -0.39 is 0 Å². The van der Waals surface area contributed by atoms with Gasteiger partial charge in [0.05, 0.1) is 6.07 Å². The van der Waals surface area contributed by atoms with E-state index >= 15 is 0 Å². The molecule has 0 atom stereocenters. The fraction of sp³-hybridized carbons (Fsp3) is 0.400. The van der Waals surface area contributed by atoms with Gasteiger partial charge in [-0.1, -0.05) is 6.92 Å². The lowest BCUT2D eigenvalue weighted by molar-refractivity contribution is 1.09. The van der Waals surface area contributed by atoms with Gasteiger partial charge < -0.3 is 0 Å². The van der Waals surface area contributed by atoms with Crippen LogP contribution in [0.4, 0.5) is 0 Å². The second-order valence-electron chi connectivity index (χ2n) is 1.16. The van der Waals surface area contributed by atoms with Crippen LogP contribution in [0.2, 0.25) is 0 Å². The molecule has 0 aliphatic rings. The van der Waals surface area contributed by atoms with Gasteiger partial charge in [-0.25, -0.2) is 4.98 Å². The molecule has 9 heavy (non-hydrogen) atoms. The van der Waals surface area contributed by atoms with Gasteiger partial charge in [0.25, 0.3) is 0 Å². The first kappa shape index (κ1) is 7.63. The summed E-state index contributed by atoms with van der Waals surface area (Å²) in [5.41, 5.74) is 0. The molecule has 1 rings (SSSR count). The lowest BCUT2D eigenvalue weighted by Crippen LogP contribution is -1.53. The molecule has 4 nitrogen and oxygen atoms in total. The van der Waals surface area contributed by atoms with E-state index in [1.807, 2.05) is 13.0 Å². The van der Waals surface area contributed by atoms with Gasteiger partial charge in [0.1, 0.15) is 12.7 Å². The Kier molecular flexibility index (Phi) is 5.62. The Morgan fingerprint density at radius 3 is 2.56 bits per heavy atom.